The summed E-state index contributed by atoms with van der Waals surface area (Å²) in [5, 5.41) is 6.45. The highest BCUT2D eigenvalue weighted by Gasteiger charge is 2.30. The van der Waals surface area contributed by atoms with Crippen LogP contribution in [0.3, 0.4) is 0 Å². The summed E-state index contributed by atoms with van der Waals surface area (Å²) < 4.78 is 43.2. The Labute approximate surface area is 142 Å². The lowest BCUT2D eigenvalue weighted by Gasteiger charge is -2.34. The number of halogens is 3. The molecule has 2 heterocycles. The zero-order chi connectivity index (χ0) is 18.0. The average Bonchev–Trinajstić information content (AvgIpc) is 3.01. The van der Waals surface area contributed by atoms with Crippen LogP contribution in [0.1, 0.15) is 11.3 Å². The maximum absolute atomic E-state index is 12.7. The predicted octanol–water partition coefficient (Wildman–Crippen LogP) is 3.36. The minimum atomic E-state index is -4.44. The van der Waals surface area contributed by atoms with Gasteiger partial charge in [-0.15, -0.1) is 0 Å². The van der Waals surface area contributed by atoms with Crippen molar-refractivity contribution in [3.63, 3.8) is 0 Å². The molecule has 0 saturated carbocycles. The van der Waals surface area contributed by atoms with Crippen LogP contribution in [0, 0.1) is 6.92 Å². The first-order valence-electron chi connectivity index (χ1n) is 7.74. The second kappa shape index (κ2) is 6.66. The van der Waals surface area contributed by atoms with Gasteiger partial charge < -0.3 is 19.6 Å². The molecule has 1 aromatic carbocycles. The number of aromatic nitrogens is 1. The number of aryl methyl sites for hydroxylation is 1. The first-order valence-corrected chi connectivity index (χ1v) is 7.74. The van der Waals surface area contributed by atoms with Gasteiger partial charge in [0.05, 0.1) is 5.56 Å². The maximum atomic E-state index is 12.7. The van der Waals surface area contributed by atoms with Gasteiger partial charge in [-0.25, -0.2) is 4.79 Å². The standard InChI is InChI=1S/C16H17F3N4O2/c1-11-9-14(21-25-11)22-5-7-23(8-6-22)15(24)20-13-4-2-3-12(10-13)16(17,18)19/h2-4,9-10H,5-8H2,1H3,(H,20,24). The third kappa shape index (κ3) is 4.04. The third-order valence-electron chi connectivity index (χ3n) is 3.95. The van der Waals surface area contributed by atoms with Gasteiger partial charge >= 0.3 is 12.2 Å². The Hall–Kier alpha value is -2.71. The fourth-order valence-corrected chi connectivity index (χ4v) is 2.62. The van der Waals surface area contributed by atoms with E-state index in [-0.39, 0.29) is 5.69 Å². The molecule has 2 aromatic rings. The van der Waals surface area contributed by atoms with Crippen LogP contribution in [0.2, 0.25) is 0 Å². The Kier molecular flexibility index (Phi) is 4.56. The fourth-order valence-electron chi connectivity index (χ4n) is 2.62. The van der Waals surface area contributed by atoms with Crippen molar-refractivity contribution < 1.29 is 22.5 Å². The number of benzene rings is 1. The second-order valence-corrected chi connectivity index (χ2v) is 5.78. The van der Waals surface area contributed by atoms with Gasteiger partial charge in [0.25, 0.3) is 0 Å². The molecule has 6 nitrogen and oxygen atoms in total. The highest BCUT2D eigenvalue weighted by Crippen LogP contribution is 2.30. The van der Waals surface area contributed by atoms with E-state index in [1.54, 1.807) is 11.8 Å². The van der Waals surface area contributed by atoms with E-state index in [2.05, 4.69) is 10.5 Å². The van der Waals surface area contributed by atoms with E-state index in [4.69, 9.17) is 4.52 Å². The molecule has 0 bridgehead atoms. The molecule has 9 heteroatoms. The van der Waals surface area contributed by atoms with Crippen LogP contribution in [-0.2, 0) is 6.18 Å². The lowest BCUT2D eigenvalue weighted by molar-refractivity contribution is -0.137. The van der Waals surface area contributed by atoms with E-state index in [0.29, 0.717) is 31.9 Å². The van der Waals surface area contributed by atoms with E-state index in [0.717, 1.165) is 18.0 Å². The molecule has 0 atom stereocenters. The second-order valence-electron chi connectivity index (χ2n) is 5.78. The SMILES string of the molecule is Cc1cc(N2CCN(C(=O)Nc3cccc(C(F)(F)F)c3)CC2)no1. The van der Waals surface area contributed by atoms with E-state index in [1.165, 1.54) is 12.1 Å². The van der Waals surface area contributed by atoms with Crippen LogP contribution in [0.4, 0.5) is 29.5 Å². The molecule has 1 aromatic heterocycles. The Bertz CT molecular complexity index is 752. The van der Waals surface area contributed by atoms with Crippen LogP contribution >= 0.6 is 0 Å². The minimum Gasteiger partial charge on any atom is -0.360 e. The number of amides is 2. The molecule has 0 radical (unpaired) electrons. The zero-order valence-corrected chi connectivity index (χ0v) is 13.5. The predicted molar refractivity (Wildman–Crippen MR) is 85.5 cm³/mol. The molecule has 1 aliphatic heterocycles. The molecule has 0 aliphatic carbocycles. The van der Waals surface area contributed by atoms with Crippen LogP contribution in [0.15, 0.2) is 34.9 Å². The third-order valence-corrected chi connectivity index (χ3v) is 3.95. The van der Waals surface area contributed by atoms with Crippen LogP contribution < -0.4 is 10.2 Å². The Morgan fingerprint density at radius 1 is 1.20 bits per heavy atom. The zero-order valence-electron chi connectivity index (χ0n) is 13.5. The van der Waals surface area contributed by atoms with Crippen LogP contribution in [0.5, 0.6) is 0 Å². The number of piperazine rings is 1. The number of rotatable bonds is 2. The molecule has 1 N–H and O–H groups in total. The van der Waals surface area contributed by atoms with E-state index in [9.17, 15) is 18.0 Å². The monoisotopic (exact) mass is 354 g/mol. The summed E-state index contributed by atoms with van der Waals surface area (Å²) in [6.45, 7) is 3.83. The van der Waals surface area contributed by atoms with Gasteiger partial charge in [0, 0.05) is 37.9 Å². The number of nitrogens with one attached hydrogen (secondary N) is 1. The van der Waals surface area contributed by atoms with Crippen LogP contribution in [0.25, 0.3) is 0 Å². The number of hydrogen-bond donors (Lipinski definition) is 1. The first kappa shape index (κ1) is 17.1. The highest BCUT2D eigenvalue weighted by molar-refractivity contribution is 5.89. The average molecular weight is 354 g/mol. The van der Waals surface area contributed by atoms with Gasteiger partial charge in [0.1, 0.15) is 5.76 Å². The Balaban J connectivity index is 1.58. The first-order chi connectivity index (χ1) is 11.8. The van der Waals surface area contributed by atoms with Gasteiger partial charge in [0.2, 0.25) is 0 Å². The molecule has 1 saturated heterocycles. The van der Waals surface area contributed by atoms with Crippen molar-refractivity contribution >= 4 is 17.5 Å². The highest BCUT2D eigenvalue weighted by atomic mass is 19.4. The van der Waals surface area contributed by atoms with Crippen molar-refractivity contribution in [3.05, 3.63) is 41.7 Å². The number of hydrogen-bond acceptors (Lipinski definition) is 4. The molecule has 2 amide bonds. The molecular weight excluding hydrogens is 337 g/mol. The molecule has 25 heavy (non-hydrogen) atoms. The van der Waals surface area contributed by atoms with Gasteiger partial charge in [0.15, 0.2) is 5.82 Å². The number of urea groups is 1. The lowest BCUT2D eigenvalue weighted by atomic mass is 10.2. The quantitative estimate of drug-likeness (QED) is 0.898. The topological polar surface area (TPSA) is 61.6 Å². The van der Waals surface area contributed by atoms with Gasteiger partial charge in [-0.1, -0.05) is 11.2 Å². The lowest BCUT2D eigenvalue weighted by Crippen LogP contribution is -2.50. The van der Waals surface area contributed by atoms with Gasteiger partial charge in [-0.05, 0) is 25.1 Å². The van der Waals surface area contributed by atoms with Crippen molar-refractivity contribution in [2.75, 3.05) is 36.4 Å². The number of alkyl halides is 3. The summed E-state index contributed by atoms with van der Waals surface area (Å²) in [5.74, 6) is 1.43. The Morgan fingerprint density at radius 2 is 1.92 bits per heavy atom. The van der Waals surface area contributed by atoms with Crippen molar-refractivity contribution in [2.45, 2.75) is 13.1 Å². The van der Waals surface area contributed by atoms with Crippen molar-refractivity contribution in [2.24, 2.45) is 0 Å². The summed E-state index contributed by atoms with van der Waals surface area (Å²) in [4.78, 5) is 15.8. The molecule has 3 rings (SSSR count). The summed E-state index contributed by atoms with van der Waals surface area (Å²) in [5.41, 5.74) is -0.675. The fraction of sp³-hybridized carbons (Fsp3) is 0.375. The number of carbonyl (C=O) groups is 1. The largest absolute Gasteiger partial charge is 0.416 e. The number of nitrogens with zero attached hydrogens (tertiary/aromatic N) is 3. The van der Waals surface area contributed by atoms with Gasteiger partial charge in [-0.2, -0.15) is 13.2 Å². The number of anilines is 2. The molecule has 1 fully saturated rings. The van der Waals surface area contributed by atoms with E-state index in [1.807, 2.05) is 11.0 Å². The maximum Gasteiger partial charge on any atom is 0.416 e. The minimum absolute atomic E-state index is 0.120. The van der Waals surface area contributed by atoms with Crippen molar-refractivity contribution in [1.29, 1.82) is 0 Å². The number of carbonyl (C=O) groups excluding carboxylic acids is 1. The molecule has 0 spiro atoms. The summed E-state index contributed by atoms with van der Waals surface area (Å²) in [7, 11) is 0. The summed E-state index contributed by atoms with van der Waals surface area (Å²) in [6.07, 6.45) is -4.44. The van der Waals surface area contributed by atoms with Crippen LogP contribution in [-0.4, -0.2) is 42.3 Å². The van der Waals surface area contributed by atoms with E-state index >= 15 is 0 Å². The Morgan fingerprint density at radius 3 is 2.52 bits per heavy atom. The van der Waals surface area contributed by atoms with E-state index < -0.39 is 17.8 Å². The van der Waals surface area contributed by atoms with Gasteiger partial charge in [-0.3, -0.25) is 0 Å². The normalized spacial score (nSPS) is 15.4. The van der Waals surface area contributed by atoms with Crippen molar-refractivity contribution in [3.8, 4) is 0 Å². The summed E-state index contributed by atoms with van der Waals surface area (Å²) in [6, 6.07) is 5.99. The van der Waals surface area contributed by atoms with Crippen molar-refractivity contribution in [1.82, 2.24) is 10.1 Å². The molecule has 134 valence electrons. The molecule has 1 aliphatic rings. The molecular formula is C16H17F3N4O2. The summed E-state index contributed by atoms with van der Waals surface area (Å²) >= 11 is 0. The smallest absolute Gasteiger partial charge is 0.360 e. The molecule has 0 unspecified atom stereocenters.